The average molecular weight is 600 g/mol. The lowest BCUT2D eigenvalue weighted by molar-refractivity contribution is -0.384. The summed E-state index contributed by atoms with van der Waals surface area (Å²) in [7, 11) is 0. The van der Waals surface area contributed by atoms with Gasteiger partial charge in [0.05, 0.1) is 25.7 Å². The quantitative estimate of drug-likeness (QED) is 0.165. The summed E-state index contributed by atoms with van der Waals surface area (Å²) < 4.78 is 8.64. The second-order valence-electron chi connectivity index (χ2n) is 9.26. The molecule has 1 aliphatic carbocycles. The van der Waals surface area contributed by atoms with Gasteiger partial charge in [-0.1, -0.05) is 66.5 Å². The summed E-state index contributed by atoms with van der Waals surface area (Å²) >= 11 is 4.86. The van der Waals surface area contributed by atoms with Crippen LogP contribution in [0.1, 0.15) is 34.7 Å². The van der Waals surface area contributed by atoms with E-state index < -0.39 is 11.0 Å². The minimum absolute atomic E-state index is 0.00593. The van der Waals surface area contributed by atoms with E-state index in [0.29, 0.717) is 33.7 Å². The van der Waals surface area contributed by atoms with Crippen LogP contribution in [-0.2, 0) is 6.42 Å². The molecule has 3 aromatic carbocycles. The Morgan fingerprint density at radius 3 is 2.79 bits per heavy atom. The number of fused-ring (bicyclic) bond motifs is 3. The number of hydrogen-bond donors (Lipinski definition) is 0. The van der Waals surface area contributed by atoms with Crippen molar-refractivity contribution in [3.05, 3.63) is 141 Å². The van der Waals surface area contributed by atoms with Gasteiger partial charge >= 0.3 is 0 Å². The third kappa shape index (κ3) is 4.57. The number of nitrogens with zero attached hydrogens (tertiary/aromatic N) is 3. The summed E-state index contributed by atoms with van der Waals surface area (Å²) in [5.74, 6) is 0.686. The van der Waals surface area contributed by atoms with Crippen molar-refractivity contribution in [2.75, 3.05) is 6.61 Å². The molecule has 2 heterocycles. The molecule has 7 nitrogen and oxygen atoms in total. The molecule has 1 unspecified atom stereocenters. The zero-order valence-electron chi connectivity index (χ0n) is 20.7. The molecule has 0 N–H and O–H groups in total. The molecule has 4 aromatic rings. The van der Waals surface area contributed by atoms with Crippen LogP contribution in [-0.4, -0.2) is 16.1 Å². The van der Waals surface area contributed by atoms with Crippen LogP contribution in [0.15, 0.2) is 99.2 Å². The first-order chi connectivity index (χ1) is 18.9. The zero-order chi connectivity index (χ0) is 27.1. The standard InChI is InChI=1S/C30H22BrN3O4S/c1-2-14-38-25-13-10-18(15-24(25)31)16-26-29(35)33-28(20-7-5-8-21(17-20)34(36)37)23-12-11-19-6-3-4-9-22(19)27(23)32-30(33)39-26/h2-10,13,15-17,28H,1,11-12,14H2. The van der Waals surface area contributed by atoms with E-state index in [1.807, 2.05) is 42.5 Å². The Morgan fingerprint density at radius 2 is 2.00 bits per heavy atom. The van der Waals surface area contributed by atoms with Gasteiger partial charge in [-0.25, -0.2) is 4.99 Å². The lowest BCUT2D eigenvalue weighted by atomic mass is 9.83. The third-order valence-electron chi connectivity index (χ3n) is 6.88. The van der Waals surface area contributed by atoms with E-state index in [1.54, 1.807) is 22.8 Å². The maximum Gasteiger partial charge on any atom is 0.271 e. The number of thiazole rings is 1. The molecule has 0 saturated heterocycles. The van der Waals surface area contributed by atoms with Gasteiger partial charge in [0.1, 0.15) is 12.4 Å². The molecule has 0 bridgehead atoms. The Labute approximate surface area is 236 Å². The van der Waals surface area contributed by atoms with Gasteiger partial charge in [-0.2, -0.15) is 0 Å². The lowest BCUT2D eigenvalue weighted by Gasteiger charge is -2.30. The maximum atomic E-state index is 13.9. The van der Waals surface area contributed by atoms with Gasteiger partial charge in [0.25, 0.3) is 11.2 Å². The van der Waals surface area contributed by atoms with Crippen molar-refractivity contribution in [1.82, 2.24) is 4.57 Å². The van der Waals surface area contributed by atoms with Crippen LogP contribution in [0.5, 0.6) is 5.75 Å². The zero-order valence-corrected chi connectivity index (χ0v) is 23.1. The van der Waals surface area contributed by atoms with Crippen molar-refractivity contribution in [3.8, 4) is 5.75 Å². The van der Waals surface area contributed by atoms with Crippen molar-refractivity contribution < 1.29 is 9.66 Å². The molecule has 1 aromatic heterocycles. The van der Waals surface area contributed by atoms with Crippen molar-refractivity contribution in [1.29, 1.82) is 0 Å². The first kappa shape index (κ1) is 25.2. The molecular weight excluding hydrogens is 578 g/mol. The van der Waals surface area contributed by atoms with Gasteiger partial charge in [0, 0.05) is 17.7 Å². The van der Waals surface area contributed by atoms with Gasteiger partial charge in [0.15, 0.2) is 4.80 Å². The van der Waals surface area contributed by atoms with Gasteiger partial charge < -0.3 is 4.74 Å². The Hall–Kier alpha value is -4.08. The molecule has 1 aliphatic heterocycles. The monoisotopic (exact) mass is 599 g/mol. The molecule has 194 valence electrons. The number of benzene rings is 3. The maximum absolute atomic E-state index is 13.9. The van der Waals surface area contributed by atoms with E-state index >= 15 is 0 Å². The van der Waals surface area contributed by atoms with Crippen LogP contribution in [0.4, 0.5) is 5.69 Å². The van der Waals surface area contributed by atoms with E-state index in [2.05, 4.69) is 34.6 Å². The number of allylic oxidation sites excluding steroid dienone is 1. The minimum Gasteiger partial charge on any atom is -0.488 e. The van der Waals surface area contributed by atoms with E-state index in [9.17, 15) is 14.9 Å². The molecule has 0 fully saturated rings. The molecule has 1 atom stereocenters. The number of rotatable bonds is 6. The van der Waals surface area contributed by atoms with Crippen LogP contribution >= 0.6 is 27.3 Å². The van der Waals surface area contributed by atoms with E-state index in [1.165, 1.54) is 23.0 Å². The predicted molar refractivity (Wildman–Crippen MR) is 156 cm³/mol. The Morgan fingerprint density at radius 1 is 1.15 bits per heavy atom. The average Bonchev–Trinajstić information content (AvgIpc) is 3.25. The smallest absolute Gasteiger partial charge is 0.271 e. The number of aryl methyl sites for hydroxylation is 1. The molecule has 6 rings (SSSR count). The molecule has 0 spiro atoms. The van der Waals surface area contributed by atoms with Crippen LogP contribution in [0.2, 0.25) is 0 Å². The summed E-state index contributed by atoms with van der Waals surface area (Å²) in [5.41, 5.74) is 5.46. The summed E-state index contributed by atoms with van der Waals surface area (Å²) in [6, 6.07) is 19.9. The number of hydrogen-bond acceptors (Lipinski definition) is 6. The fraction of sp³-hybridized carbons (Fsp3) is 0.133. The molecule has 0 radical (unpaired) electrons. The number of nitro groups is 1. The highest BCUT2D eigenvalue weighted by molar-refractivity contribution is 9.10. The molecule has 39 heavy (non-hydrogen) atoms. The van der Waals surface area contributed by atoms with E-state index in [-0.39, 0.29) is 11.2 Å². The molecular formula is C30H22BrN3O4S. The third-order valence-corrected chi connectivity index (χ3v) is 8.48. The fourth-order valence-corrected chi connectivity index (χ4v) is 6.67. The highest BCUT2D eigenvalue weighted by Crippen LogP contribution is 2.41. The summed E-state index contributed by atoms with van der Waals surface area (Å²) in [6.07, 6.45) is 5.05. The predicted octanol–water partition coefficient (Wildman–Crippen LogP) is 5.55. The topological polar surface area (TPSA) is 86.7 Å². The summed E-state index contributed by atoms with van der Waals surface area (Å²) in [5, 5.41) is 11.6. The van der Waals surface area contributed by atoms with Gasteiger partial charge in [-0.15, -0.1) is 0 Å². The first-order valence-corrected chi connectivity index (χ1v) is 14.0. The highest BCUT2D eigenvalue weighted by atomic mass is 79.9. The number of ether oxygens (including phenoxy) is 1. The number of nitro benzene ring substituents is 1. The Balaban J connectivity index is 1.55. The Bertz CT molecular complexity index is 1870. The van der Waals surface area contributed by atoms with Crippen LogP contribution in [0, 0.1) is 10.1 Å². The van der Waals surface area contributed by atoms with E-state index in [0.717, 1.165) is 33.3 Å². The molecule has 9 heteroatoms. The van der Waals surface area contributed by atoms with Crippen molar-refractivity contribution in [2.24, 2.45) is 4.99 Å². The number of halogens is 1. The number of aromatic nitrogens is 1. The van der Waals surface area contributed by atoms with Crippen LogP contribution in [0.3, 0.4) is 0 Å². The Kier molecular flexibility index (Phi) is 6.62. The summed E-state index contributed by atoms with van der Waals surface area (Å²) in [6.45, 7) is 4.06. The highest BCUT2D eigenvalue weighted by Gasteiger charge is 2.33. The fourth-order valence-electron chi connectivity index (χ4n) is 5.15. The van der Waals surface area contributed by atoms with Gasteiger partial charge in [0.2, 0.25) is 0 Å². The summed E-state index contributed by atoms with van der Waals surface area (Å²) in [4.78, 5) is 30.7. The molecule has 2 aliphatic rings. The number of non-ortho nitro benzene ring substituents is 1. The van der Waals surface area contributed by atoms with Gasteiger partial charge in [-0.3, -0.25) is 19.5 Å². The van der Waals surface area contributed by atoms with E-state index in [4.69, 9.17) is 9.73 Å². The van der Waals surface area contributed by atoms with Crippen LogP contribution < -0.4 is 19.6 Å². The SMILES string of the molecule is C=CCOc1ccc(C=c2sc3n(c2=O)C(c2cccc([N+](=O)[O-])c2)C2=C(N=3)c3ccccc3CC2)cc1Br. The normalized spacial score (nSPS) is 16.1. The molecule has 0 saturated carbocycles. The molecule has 0 amide bonds. The largest absolute Gasteiger partial charge is 0.488 e. The lowest BCUT2D eigenvalue weighted by Crippen LogP contribution is -2.38. The van der Waals surface area contributed by atoms with Crippen molar-refractivity contribution in [2.45, 2.75) is 18.9 Å². The van der Waals surface area contributed by atoms with Crippen molar-refractivity contribution in [3.63, 3.8) is 0 Å². The van der Waals surface area contributed by atoms with Crippen LogP contribution in [0.25, 0.3) is 11.8 Å². The second-order valence-corrected chi connectivity index (χ2v) is 11.1. The second kappa shape index (κ2) is 10.2. The first-order valence-electron chi connectivity index (χ1n) is 12.4. The minimum atomic E-state index is -0.479. The van der Waals surface area contributed by atoms with Crippen molar-refractivity contribution >= 4 is 44.7 Å². The van der Waals surface area contributed by atoms with Gasteiger partial charge in [-0.05, 0) is 69.2 Å².